The van der Waals surface area contributed by atoms with Gasteiger partial charge in [-0.2, -0.15) is 0 Å². The van der Waals surface area contributed by atoms with E-state index in [2.05, 4.69) is 0 Å². The molecule has 0 N–H and O–H groups in total. The normalized spacial score (nSPS) is 23.7. The van der Waals surface area contributed by atoms with E-state index in [4.69, 9.17) is 4.74 Å². The van der Waals surface area contributed by atoms with Crippen LogP contribution < -0.4 is 14.5 Å². The second kappa shape index (κ2) is 9.04. The van der Waals surface area contributed by atoms with Crippen molar-refractivity contribution in [1.29, 1.82) is 0 Å². The number of esters is 1. The van der Waals surface area contributed by atoms with Crippen molar-refractivity contribution in [3.05, 3.63) is 64.7 Å². The number of carbonyl (C=O) groups excluding carboxylic acids is 4. The lowest BCUT2D eigenvalue weighted by molar-refractivity contribution is -0.139. The smallest absolute Gasteiger partial charge is 0.316 e. The van der Waals surface area contributed by atoms with E-state index >= 15 is 0 Å². The number of fused-ring (bicyclic) bond motifs is 1. The Labute approximate surface area is 210 Å². The van der Waals surface area contributed by atoms with E-state index < -0.39 is 11.9 Å². The molecule has 2 aliphatic heterocycles. The predicted octanol–water partition coefficient (Wildman–Crippen LogP) is 4.42. The zero-order chi connectivity index (χ0) is 25.7. The van der Waals surface area contributed by atoms with Gasteiger partial charge in [0.2, 0.25) is 17.7 Å². The van der Waals surface area contributed by atoms with Gasteiger partial charge >= 0.3 is 5.97 Å². The lowest BCUT2D eigenvalue weighted by atomic mass is 9.82. The van der Waals surface area contributed by atoms with Crippen LogP contribution in [0.15, 0.2) is 48.0 Å². The SMILES string of the molecule is CC1=CC[C@@H]2C(=O)N(c3ccc(OC(=O)[C@@H]4CC(=O)N(c5cc(C)ccc5C)C4)cc3C)C(=O)[C@H]2C1. The molecule has 2 aromatic carbocycles. The first-order valence-electron chi connectivity index (χ1n) is 12.4. The number of hydrogen-bond acceptors (Lipinski definition) is 5. The molecule has 5 rings (SSSR count). The van der Waals surface area contributed by atoms with Crippen molar-refractivity contribution in [1.82, 2.24) is 0 Å². The fraction of sp³-hybridized carbons (Fsp3) is 0.379. The summed E-state index contributed by atoms with van der Waals surface area (Å²) in [5, 5.41) is 0. The number of anilines is 2. The summed E-state index contributed by atoms with van der Waals surface area (Å²) in [6.45, 7) is 7.97. The Kier molecular flexibility index (Phi) is 6.02. The number of allylic oxidation sites excluding steroid dienone is 2. The van der Waals surface area contributed by atoms with Crippen molar-refractivity contribution in [3.63, 3.8) is 0 Å². The van der Waals surface area contributed by atoms with Gasteiger partial charge < -0.3 is 9.64 Å². The summed E-state index contributed by atoms with van der Waals surface area (Å²) in [6.07, 6.45) is 3.34. The van der Waals surface area contributed by atoms with Crippen LogP contribution in [0.25, 0.3) is 0 Å². The van der Waals surface area contributed by atoms with E-state index in [9.17, 15) is 19.2 Å². The molecular formula is C29H30N2O5. The summed E-state index contributed by atoms with van der Waals surface area (Å²) >= 11 is 0. The number of benzene rings is 2. The van der Waals surface area contributed by atoms with Gasteiger partial charge in [-0.1, -0.05) is 23.8 Å². The highest BCUT2D eigenvalue weighted by molar-refractivity contribution is 6.22. The van der Waals surface area contributed by atoms with Gasteiger partial charge in [-0.25, -0.2) is 4.90 Å². The maximum absolute atomic E-state index is 13.1. The summed E-state index contributed by atoms with van der Waals surface area (Å²) in [4.78, 5) is 54.6. The lowest BCUT2D eigenvalue weighted by Gasteiger charge is -2.20. The summed E-state index contributed by atoms with van der Waals surface area (Å²) in [5.74, 6) is -1.76. The highest BCUT2D eigenvalue weighted by atomic mass is 16.5. The standard InChI is InChI=1S/C29H30N2O5/c1-16-6-9-22-23(11-16)28(34)31(27(22)33)24-10-8-21(13-19(24)4)36-29(35)20-14-26(32)30(15-20)25-12-17(2)5-7-18(25)3/h5-8,10,12-13,20,22-23H,9,11,14-15H2,1-4H3/t20-,22+,23+/m1/s1. The molecule has 3 atom stereocenters. The molecule has 2 heterocycles. The van der Waals surface area contributed by atoms with E-state index in [0.717, 1.165) is 22.4 Å². The zero-order valence-electron chi connectivity index (χ0n) is 21.0. The molecule has 0 unspecified atom stereocenters. The Morgan fingerprint density at radius 1 is 0.861 bits per heavy atom. The fourth-order valence-corrected chi connectivity index (χ4v) is 5.53. The highest BCUT2D eigenvalue weighted by Crippen LogP contribution is 2.41. The largest absolute Gasteiger partial charge is 0.426 e. The predicted molar refractivity (Wildman–Crippen MR) is 136 cm³/mol. The minimum Gasteiger partial charge on any atom is -0.426 e. The van der Waals surface area contributed by atoms with Gasteiger partial charge in [-0.3, -0.25) is 19.2 Å². The number of ether oxygens (including phenoxy) is 1. The van der Waals surface area contributed by atoms with Gasteiger partial charge in [0.05, 0.1) is 23.4 Å². The molecule has 36 heavy (non-hydrogen) atoms. The van der Waals surface area contributed by atoms with E-state index in [1.807, 2.05) is 45.0 Å². The average molecular weight is 487 g/mol. The van der Waals surface area contributed by atoms with E-state index in [1.165, 1.54) is 4.90 Å². The van der Waals surface area contributed by atoms with Crippen molar-refractivity contribution in [3.8, 4) is 5.75 Å². The summed E-state index contributed by atoms with van der Waals surface area (Å²) < 4.78 is 5.63. The van der Waals surface area contributed by atoms with Crippen LogP contribution in [0.5, 0.6) is 5.75 Å². The Hall–Kier alpha value is -3.74. The molecule has 0 saturated carbocycles. The van der Waals surface area contributed by atoms with E-state index in [1.54, 1.807) is 30.0 Å². The number of rotatable bonds is 4. The molecule has 186 valence electrons. The van der Waals surface area contributed by atoms with Crippen LogP contribution in [0.1, 0.15) is 42.9 Å². The number of hydrogen-bond donors (Lipinski definition) is 0. The Morgan fingerprint density at radius 3 is 2.36 bits per heavy atom. The molecule has 7 heteroatoms. The summed E-state index contributed by atoms with van der Waals surface area (Å²) in [7, 11) is 0. The Morgan fingerprint density at radius 2 is 1.61 bits per heavy atom. The first-order valence-corrected chi connectivity index (χ1v) is 12.4. The van der Waals surface area contributed by atoms with Crippen LogP contribution in [0.2, 0.25) is 0 Å². The first-order chi connectivity index (χ1) is 17.1. The van der Waals surface area contributed by atoms with Gasteiger partial charge in [0.1, 0.15) is 5.75 Å². The fourth-order valence-electron chi connectivity index (χ4n) is 5.53. The molecule has 3 aliphatic rings. The summed E-state index contributed by atoms with van der Waals surface area (Å²) in [6, 6.07) is 10.8. The lowest BCUT2D eigenvalue weighted by Crippen LogP contribution is -2.31. The number of carbonyl (C=O) groups is 4. The van der Waals surface area contributed by atoms with Gasteiger partial charge in [0.25, 0.3) is 0 Å². The first kappa shape index (κ1) is 24.0. The van der Waals surface area contributed by atoms with Crippen LogP contribution in [0, 0.1) is 38.5 Å². The summed E-state index contributed by atoms with van der Waals surface area (Å²) in [5.41, 5.74) is 5.18. The molecule has 2 aromatic rings. The van der Waals surface area contributed by atoms with Gasteiger partial charge in [0.15, 0.2) is 0 Å². The molecule has 2 saturated heterocycles. The highest BCUT2D eigenvalue weighted by Gasteiger charge is 2.49. The van der Waals surface area contributed by atoms with E-state index in [-0.39, 0.29) is 42.5 Å². The number of nitrogens with zero attached hydrogens (tertiary/aromatic N) is 2. The van der Waals surface area contributed by atoms with Crippen molar-refractivity contribution >= 4 is 35.1 Å². The number of amides is 3. The second-order valence-corrected chi connectivity index (χ2v) is 10.3. The third-order valence-corrected chi connectivity index (χ3v) is 7.56. The minimum absolute atomic E-state index is 0.0935. The van der Waals surface area contributed by atoms with Crippen LogP contribution in [-0.4, -0.2) is 30.2 Å². The molecule has 1 aliphatic carbocycles. The molecule has 0 bridgehead atoms. The molecular weight excluding hydrogens is 456 g/mol. The van der Waals surface area contributed by atoms with Gasteiger partial charge in [0, 0.05) is 18.7 Å². The third kappa shape index (κ3) is 4.12. The molecule has 0 radical (unpaired) electrons. The maximum Gasteiger partial charge on any atom is 0.316 e. The molecule has 0 spiro atoms. The van der Waals surface area contributed by atoms with Crippen LogP contribution in [-0.2, 0) is 19.2 Å². The Bertz CT molecular complexity index is 1330. The monoisotopic (exact) mass is 486 g/mol. The van der Waals surface area contributed by atoms with Crippen molar-refractivity contribution in [2.24, 2.45) is 17.8 Å². The van der Waals surface area contributed by atoms with Gasteiger partial charge in [-0.05, 0) is 81.5 Å². The van der Waals surface area contributed by atoms with E-state index in [0.29, 0.717) is 29.8 Å². The molecule has 3 amide bonds. The van der Waals surface area contributed by atoms with Crippen molar-refractivity contribution < 1.29 is 23.9 Å². The average Bonchev–Trinajstić information content (AvgIpc) is 3.33. The van der Waals surface area contributed by atoms with Crippen LogP contribution in [0.4, 0.5) is 11.4 Å². The Balaban J connectivity index is 1.29. The molecule has 0 aromatic heterocycles. The third-order valence-electron chi connectivity index (χ3n) is 7.56. The van der Waals surface area contributed by atoms with Crippen LogP contribution >= 0.6 is 0 Å². The minimum atomic E-state index is -0.571. The van der Waals surface area contributed by atoms with Crippen molar-refractivity contribution in [2.75, 3.05) is 16.3 Å². The number of aryl methyl sites for hydroxylation is 3. The molecule has 7 nitrogen and oxygen atoms in total. The van der Waals surface area contributed by atoms with Crippen LogP contribution in [0.3, 0.4) is 0 Å². The quantitative estimate of drug-likeness (QED) is 0.277. The zero-order valence-corrected chi connectivity index (χ0v) is 21.0. The van der Waals surface area contributed by atoms with Crippen molar-refractivity contribution in [2.45, 2.75) is 47.0 Å². The maximum atomic E-state index is 13.1. The second-order valence-electron chi connectivity index (χ2n) is 10.3. The molecule has 2 fully saturated rings. The topological polar surface area (TPSA) is 84.0 Å². The number of imide groups is 1. The van der Waals surface area contributed by atoms with Gasteiger partial charge in [-0.15, -0.1) is 0 Å².